The molecule has 3 aromatic rings. The minimum absolute atomic E-state index is 0.165. The number of fused-ring (bicyclic) bond motifs is 1. The SMILES string of the molecule is CC(=O)O.CS(=O)(=O)Oc1ccc(C2(c3cccc(-c4cc(C#N)ccc4F)c3)N=C(N)N3CCCN=C32)cc1. The summed E-state index contributed by atoms with van der Waals surface area (Å²) in [5.74, 6) is -0.161. The Hall–Kier alpha value is -4.76. The standard InChI is InChI=1S/C26H22FN5O3S.C2H4O2/c1-36(33,34)35-21-9-7-19(8-10-21)26(24-30-12-3-13-32(24)25(29)31-26)20-5-2-4-18(15-20)22-14-17(16-28)6-11-23(22)27;1-2(3)4/h2,4-11,14-15H,3,12-13H2,1H3,(H2,29,31);1H3,(H,3,4). The van der Waals surface area contributed by atoms with Crippen LogP contribution in [0.15, 0.2) is 76.7 Å². The average Bonchev–Trinajstić information content (AvgIpc) is 3.22. The first-order valence-corrected chi connectivity index (χ1v) is 13.9. The van der Waals surface area contributed by atoms with Crippen molar-refractivity contribution in [3.8, 4) is 22.9 Å². The first kappa shape index (κ1) is 28.3. The molecule has 2 heterocycles. The monoisotopic (exact) mass is 563 g/mol. The summed E-state index contributed by atoms with van der Waals surface area (Å²) in [6, 6.07) is 20.1. The largest absolute Gasteiger partial charge is 0.481 e. The minimum atomic E-state index is -3.69. The Morgan fingerprint density at radius 2 is 1.85 bits per heavy atom. The average molecular weight is 564 g/mol. The summed E-state index contributed by atoms with van der Waals surface area (Å²) in [6.45, 7) is 2.34. The highest BCUT2D eigenvalue weighted by molar-refractivity contribution is 7.86. The Labute approximate surface area is 231 Å². The molecule has 0 fully saturated rings. The molecule has 206 valence electrons. The minimum Gasteiger partial charge on any atom is -0.481 e. The van der Waals surface area contributed by atoms with Crippen LogP contribution in [0, 0.1) is 17.1 Å². The molecule has 0 aromatic heterocycles. The Bertz CT molecular complexity index is 1660. The van der Waals surface area contributed by atoms with Crippen molar-refractivity contribution in [1.29, 1.82) is 5.26 Å². The van der Waals surface area contributed by atoms with Gasteiger partial charge in [-0.05, 0) is 59.5 Å². The fraction of sp³-hybridized carbons (Fsp3) is 0.214. The summed E-state index contributed by atoms with van der Waals surface area (Å²) in [6.07, 6.45) is 1.80. The molecular weight excluding hydrogens is 537 g/mol. The van der Waals surface area contributed by atoms with Crippen molar-refractivity contribution in [2.45, 2.75) is 18.9 Å². The van der Waals surface area contributed by atoms with E-state index in [0.717, 1.165) is 19.6 Å². The normalized spacial score (nSPS) is 17.9. The van der Waals surface area contributed by atoms with Gasteiger partial charge >= 0.3 is 10.1 Å². The number of carbonyl (C=O) groups is 1. The third kappa shape index (κ3) is 5.79. The molecule has 0 aliphatic carbocycles. The maximum atomic E-state index is 14.8. The van der Waals surface area contributed by atoms with E-state index in [-0.39, 0.29) is 5.75 Å². The number of halogens is 1. The fourth-order valence-corrected chi connectivity index (χ4v) is 5.09. The number of nitrogens with zero attached hydrogens (tertiary/aromatic N) is 4. The van der Waals surface area contributed by atoms with Crippen LogP contribution in [0.4, 0.5) is 4.39 Å². The van der Waals surface area contributed by atoms with Gasteiger partial charge in [0.05, 0.1) is 17.9 Å². The number of amidine groups is 1. The summed E-state index contributed by atoms with van der Waals surface area (Å²) in [5.41, 5.74) is 7.83. The molecule has 2 aliphatic rings. The lowest BCUT2D eigenvalue weighted by Crippen LogP contribution is -2.46. The lowest BCUT2D eigenvalue weighted by molar-refractivity contribution is -0.134. The molecular formula is C28H26FN5O5S. The van der Waals surface area contributed by atoms with Gasteiger partial charge in [0.1, 0.15) is 17.4 Å². The van der Waals surface area contributed by atoms with E-state index in [1.165, 1.54) is 18.2 Å². The van der Waals surface area contributed by atoms with Crippen LogP contribution in [0.3, 0.4) is 0 Å². The Balaban J connectivity index is 0.000000867. The van der Waals surface area contributed by atoms with Gasteiger partial charge in [0.15, 0.2) is 11.5 Å². The third-order valence-electron chi connectivity index (χ3n) is 6.15. The van der Waals surface area contributed by atoms with E-state index in [1.54, 1.807) is 36.4 Å². The van der Waals surface area contributed by atoms with Crippen molar-refractivity contribution < 1.29 is 26.9 Å². The molecule has 10 nitrogen and oxygen atoms in total. The number of rotatable bonds is 5. The van der Waals surface area contributed by atoms with E-state index in [9.17, 15) is 18.1 Å². The van der Waals surface area contributed by atoms with E-state index < -0.39 is 27.4 Å². The van der Waals surface area contributed by atoms with Crippen LogP contribution in [-0.4, -0.2) is 55.5 Å². The Morgan fingerprint density at radius 1 is 1.15 bits per heavy atom. The highest BCUT2D eigenvalue weighted by atomic mass is 32.2. The van der Waals surface area contributed by atoms with Crippen LogP contribution in [0.1, 0.15) is 30.0 Å². The van der Waals surface area contributed by atoms with Gasteiger partial charge in [0.2, 0.25) is 0 Å². The number of aliphatic carboxylic acids is 1. The highest BCUT2D eigenvalue weighted by Gasteiger charge is 2.49. The summed E-state index contributed by atoms with van der Waals surface area (Å²) in [4.78, 5) is 20.5. The Kier molecular flexibility index (Phi) is 7.88. The van der Waals surface area contributed by atoms with E-state index >= 15 is 0 Å². The number of hydrogen-bond donors (Lipinski definition) is 2. The summed E-state index contributed by atoms with van der Waals surface area (Å²) in [7, 11) is -3.69. The molecule has 0 saturated carbocycles. The van der Waals surface area contributed by atoms with Crippen molar-refractivity contribution in [3.63, 3.8) is 0 Å². The lowest BCUT2D eigenvalue weighted by Gasteiger charge is -2.33. The van der Waals surface area contributed by atoms with Crippen molar-refractivity contribution >= 4 is 27.9 Å². The molecule has 3 N–H and O–H groups in total. The second kappa shape index (κ2) is 11.2. The second-order valence-corrected chi connectivity index (χ2v) is 10.7. The maximum Gasteiger partial charge on any atom is 0.306 e. The zero-order valence-corrected chi connectivity index (χ0v) is 22.5. The third-order valence-corrected chi connectivity index (χ3v) is 6.64. The second-order valence-electron chi connectivity index (χ2n) is 9.11. The van der Waals surface area contributed by atoms with E-state index in [4.69, 9.17) is 29.8 Å². The number of hydrogen-bond acceptors (Lipinski definition) is 9. The van der Waals surface area contributed by atoms with Gasteiger partial charge in [-0.3, -0.25) is 14.7 Å². The Morgan fingerprint density at radius 3 is 2.50 bits per heavy atom. The van der Waals surface area contributed by atoms with Crippen LogP contribution in [0.25, 0.3) is 11.1 Å². The van der Waals surface area contributed by atoms with Crippen molar-refractivity contribution in [2.75, 3.05) is 19.3 Å². The van der Waals surface area contributed by atoms with Gasteiger partial charge in [-0.25, -0.2) is 9.38 Å². The van der Waals surface area contributed by atoms with Crippen molar-refractivity contribution in [3.05, 3.63) is 89.2 Å². The van der Waals surface area contributed by atoms with Gasteiger partial charge in [0.25, 0.3) is 5.97 Å². The van der Waals surface area contributed by atoms with E-state index in [0.29, 0.717) is 52.7 Å². The number of aliphatic imine (C=N–C) groups is 2. The molecule has 3 aromatic carbocycles. The molecule has 0 saturated heterocycles. The number of carboxylic acid groups (broad SMARTS) is 1. The van der Waals surface area contributed by atoms with Gasteiger partial charge in [0, 0.05) is 25.6 Å². The predicted molar refractivity (Wildman–Crippen MR) is 148 cm³/mol. The number of nitrogens with two attached hydrogens (primary N) is 1. The van der Waals surface area contributed by atoms with Gasteiger partial charge in [-0.1, -0.05) is 30.3 Å². The molecule has 0 bridgehead atoms. The highest BCUT2D eigenvalue weighted by Crippen LogP contribution is 2.43. The van der Waals surface area contributed by atoms with Gasteiger partial charge in [-0.2, -0.15) is 13.7 Å². The van der Waals surface area contributed by atoms with E-state index in [2.05, 4.69) is 0 Å². The quantitative estimate of drug-likeness (QED) is 0.447. The zero-order valence-electron chi connectivity index (χ0n) is 21.7. The van der Waals surface area contributed by atoms with Crippen LogP contribution < -0.4 is 9.92 Å². The first-order chi connectivity index (χ1) is 18.9. The molecule has 12 heteroatoms. The number of benzene rings is 3. The lowest BCUT2D eigenvalue weighted by atomic mass is 9.81. The van der Waals surface area contributed by atoms with Gasteiger partial charge < -0.3 is 15.0 Å². The molecule has 0 radical (unpaired) electrons. The molecule has 5 rings (SSSR count). The molecule has 2 aliphatic heterocycles. The fourth-order valence-electron chi connectivity index (χ4n) is 4.63. The topological polar surface area (TPSA) is 158 Å². The summed E-state index contributed by atoms with van der Waals surface area (Å²) in [5, 5.41) is 16.7. The summed E-state index contributed by atoms with van der Waals surface area (Å²) >= 11 is 0. The van der Waals surface area contributed by atoms with Gasteiger partial charge in [-0.15, -0.1) is 0 Å². The van der Waals surface area contributed by atoms with Crippen LogP contribution in [-0.2, 0) is 20.5 Å². The van der Waals surface area contributed by atoms with Crippen molar-refractivity contribution in [1.82, 2.24) is 4.90 Å². The number of guanidine groups is 1. The van der Waals surface area contributed by atoms with Crippen LogP contribution in [0.5, 0.6) is 5.75 Å². The molecule has 40 heavy (non-hydrogen) atoms. The van der Waals surface area contributed by atoms with E-state index in [1.807, 2.05) is 23.1 Å². The molecule has 1 unspecified atom stereocenters. The zero-order chi connectivity index (χ0) is 29.1. The van der Waals surface area contributed by atoms with Crippen molar-refractivity contribution in [2.24, 2.45) is 15.7 Å². The maximum absolute atomic E-state index is 14.8. The number of carboxylic acids is 1. The first-order valence-electron chi connectivity index (χ1n) is 12.1. The molecule has 1 atom stereocenters. The summed E-state index contributed by atoms with van der Waals surface area (Å²) < 4.78 is 42.9. The molecule has 0 spiro atoms. The predicted octanol–water partition coefficient (Wildman–Crippen LogP) is 3.47. The molecule has 0 amide bonds. The van der Waals surface area contributed by atoms with Crippen LogP contribution in [0.2, 0.25) is 0 Å². The van der Waals surface area contributed by atoms with Crippen LogP contribution >= 0.6 is 0 Å². The smallest absolute Gasteiger partial charge is 0.306 e. The number of nitriles is 1.